The van der Waals surface area contributed by atoms with E-state index in [1.54, 1.807) is 49.6 Å². The monoisotopic (exact) mass is 487 g/mol. The summed E-state index contributed by atoms with van der Waals surface area (Å²) in [4.78, 5) is 42.9. The number of ketones is 1. The van der Waals surface area contributed by atoms with E-state index in [1.807, 2.05) is 13.8 Å². The lowest BCUT2D eigenvalue weighted by atomic mass is 10.1. The summed E-state index contributed by atoms with van der Waals surface area (Å²) in [6, 6.07) is 11.6. The molecule has 0 aliphatic carbocycles. The van der Waals surface area contributed by atoms with Crippen molar-refractivity contribution in [2.75, 3.05) is 26.0 Å². The number of nitrogens with zero attached hydrogens (tertiary/aromatic N) is 2. The van der Waals surface area contributed by atoms with E-state index in [0.29, 0.717) is 57.8 Å². The molecule has 0 fully saturated rings. The molecule has 0 unspecified atom stereocenters. The number of Topliss-reactive ketones (excluding diaryl/α,β-unsaturated/α-hetero) is 1. The van der Waals surface area contributed by atoms with Crippen LogP contribution < -0.4 is 10.9 Å². The Morgan fingerprint density at radius 2 is 1.97 bits per heavy atom. The zero-order valence-corrected chi connectivity index (χ0v) is 20.3. The SMILES string of the molecule is COCCn1c(SCC(=O)c2cccc(Cl)c2)nc2cc(C(=O)NCC(C)C)ccc2c1=O. The number of halogens is 1. The lowest BCUT2D eigenvalue weighted by Gasteiger charge is -2.13. The van der Waals surface area contributed by atoms with Crippen LogP contribution in [0.4, 0.5) is 0 Å². The minimum absolute atomic E-state index is 0.0832. The number of thioether (sulfide) groups is 1. The lowest BCUT2D eigenvalue weighted by Crippen LogP contribution is -2.28. The van der Waals surface area contributed by atoms with Crippen LogP contribution in [0.3, 0.4) is 0 Å². The first kappa shape index (κ1) is 25.0. The molecule has 0 atom stereocenters. The number of carbonyl (C=O) groups excluding carboxylic acids is 2. The van der Waals surface area contributed by atoms with E-state index in [-0.39, 0.29) is 23.0 Å². The van der Waals surface area contributed by atoms with Gasteiger partial charge in [-0.1, -0.05) is 49.3 Å². The number of amides is 1. The molecule has 1 N–H and O–H groups in total. The summed E-state index contributed by atoms with van der Waals surface area (Å²) in [6.45, 7) is 5.19. The van der Waals surface area contributed by atoms with Gasteiger partial charge in [-0.15, -0.1) is 0 Å². The van der Waals surface area contributed by atoms with Crippen LogP contribution in [0.5, 0.6) is 0 Å². The van der Waals surface area contributed by atoms with E-state index in [0.717, 1.165) is 0 Å². The number of nitrogens with one attached hydrogen (secondary N) is 1. The molecule has 0 aliphatic rings. The molecule has 0 radical (unpaired) electrons. The maximum absolute atomic E-state index is 13.2. The number of carbonyl (C=O) groups is 2. The lowest BCUT2D eigenvalue weighted by molar-refractivity contribution is 0.0948. The topological polar surface area (TPSA) is 90.3 Å². The van der Waals surface area contributed by atoms with Crippen molar-refractivity contribution in [3.8, 4) is 0 Å². The summed E-state index contributed by atoms with van der Waals surface area (Å²) in [7, 11) is 1.55. The van der Waals surface area contributed by atoms with Crippen molar-refractivity contribution in [3.05, 3.63) is 69.0 Å². The Kier molecular flexibility index (Phi) is 8.66. The normalized spacial score (nSPS) is 11.2. The summed E-state index contributed by atoms with van der Waals surface area (Å²) in [6.07, 6.45) is 0. The standard InChI is InChI=1S/C24H26ClN3O4S/c1-15(2)13-26-22(30)17-7-8-19-20(12-17)27-24(28(23(19)31)9-10-32-3)33-14-21(29)16-5-4-6-18(25)11-16/h4-8,11-12,15H,9-10,13-14H2,1-3H3,(H,26,30). The summed E-state index contributed by atoms with van der Waals surface area (Å²) < 4.78 is 6.64. The Labute approximate surface area is 201 Å². The molecule has 0 saturated carbocycles. The average molecular weight is 488 g/mol. The Balaban J connectivity index is 1.93. The van der Waals surface area contributed by atoms with Gasteiger partial charge in [0.15, 0.2) is 10.9 Å². The van der Waals surface area contributed by atoms with Crippen LogP contribution in [-0.4, -0.2) is 47.3 Å². The third kappa shape index (κ3) is 6.43. The minimum Gasteiger partial charge on any atom is -0.383 e. The Morgan fingerprint density at radius 3 is 2.67 bits per heavy atom. The van der Waals surface area contributed by atoms with Gasteiger partial charge in [0.1, 0.15) is 0 Å². The van der Waals surface area contributed by atoms with Gasteiger partial charge < -0.3 is 10.1 Å². The fourth-order valence-electron chi connectivity index (χ4n) is 3.11. The molecule has 7 nitrogen and oxygen atoms in total. The van der Waals surface area contributed by atoms with Gasteiger partial charge in [-0.3, -0.25) is 19.0 Å². The molecule has 0 aliphatic heterocycles. The van der Waals surface area contributed by atoms with Crippen molar-refractivity contribution < 1.29 is 14.3 Å². The first-order chi connectivity index (χ1) is 15.8. The molecule has 1 amide bonds. The number of ether oxygens (including phenoxy) is 1. The van der Waals surface area contributed by atoms with Crippen LogP contribution in [0.25, 0.3) is 10.9 Å². The third-order valence-electron chi connectivity index (χ3n) is 4.85. The van der Waals surface area contributed by atoms with Gasteiger partial charge >= 0.3 is 0 Å². The van der Waals surface area contributed by atoms with Gasteiger partial charge in [0.05, 0.1) is 29.8 Å². The van der Waals surface area contributed by atoms with Crippen LogP contribution in [0, 0.1) is 5.92 Å². The maximum atomic E-state index is 13.2. The highest BCUT2D eigenvalue weighted by Gasteiger charge is 2.16. The third-order valence-corrected chi connectivity index (χ3v) is 6.06. The van der Waals surface area contributed by atoms with Crippen LogP contribution in [0.2, 0.25) is 5.02 Å². The molecular weight excluding hydrogens is 462 g/mol. The highest BCUT2D eigenvalue weighted by atomic mass is 35.5. The number of rotatable bonds is 10. The molecule has 0 saturated heterocycles. The molecule has 3 rings (SSSR count). The Bertz CT molecular complexity index is 1230. The molecule has 0 bridgehead atoms. The molecule has 2 aromatic carbocycles. The highest BCUT2D eigenvalue weighted by Crippen LogP contribution is 2.21. The quantitative estimate of drug-likeness (QED) is 0.263. The van der Waals surface area contributed by atoms with E-state index < -0.39 is 0 Å². The van der Waals surface area contributed by atoms with Gasteiger partial charge in [0, 0.05) is 29.8 Å². The molecule has 174 valence electrons. The fourth-order valence-corrected chi connectivity index (χ4v) is 4.22. The van der Waals surface area contributed by atoms with E-state index in [9.17, 15) is 14.4 Å². The number of hydrogen-bond donors (Lipinski definition) is 1. The van der Waals surface area contributed by atoms with Crippen LogP contribution in [-0.2, 0) is 11.3 Å². The number of fused-ring (bicyclic) bond motifs is 1. The van der Waals surface area contributed by atoms with Gasteiger partial charge in [-0.25, -0.2) is 4.98 Å². The zero-order chi connectivity index (χ0) is 24.0. The highest BCUT2D eigenvalue weighted by molar-refractivity contribution is 7.99. The number of aromatic nitrogens is 2. The molecule has 9 heteroatoms. The smallest absolute Gasteiger partial charge is 0.262 e. The van der Waals surface area contributed by atoms with Crippen molar-refractivity contribution >= 4 is 46.0 Å². The van der Waals surface area contributed by atoms with Crippen molar-refractivity contribution in [1.29, 1.82) is 0 Å². The van der Waals surface area contributed by atoms with E-state index >= 15 is 0 Å². The van der Waals surface area contributed by atoms with Crippen LogP contribution in [0.15, 0.2) is 52.4 Å². The summed E-state index contributed by atoms with van der Waals surface area (Å²) in [5, 5.41) is 4.14. The van der Waals surface area contributed by atoms with Crippen LogP contribution >= 0.6 is 23.4 Å². The molecule has 1 heterocycles. The summed E-state index contributed by atoms with van der Waals surface area (Å²) >= 11 is 7.16. The van der Waals surface area contributed by atoms with Gasteiger partial charge in [0.25, 0.3) is 11.5 Å². The minimum atomic E-state index is -0.246. The second-order valence-corrected chi connectivity index (χ2v) is 9.28. The maximum Gasteiger partial charge on any atom is 0.262 e. The molecular formula is C24H26ClN3O4S. The number of hydrogen-bond acceptors (Lipinski definition) is 6. The summed E-state index contributed by atoms with van der Waals surface area (Å²) in [5.41, 5.74) is 1.08. The number of benzene rings is 2. The van der Waals surface area contributed by atoms with Crippen molar-refractivity contribution in [2.24, 2.45) is 5.92 Å². The largest absolute Gasteiger partial charge is 0.383 e. The molecule has 3 aromatic rings. The second-order valence-electron chi connectivity index (χ2n) is 7.90. The number of methoxy groups -OCH3 is 1. The second kappa shape index (κ2) is 11.4. The average Bonchev–Trinajstić information content (AvgIpc) is 2.80. The Morgan fingerprint density at radius 1 is 1.18 bits per heavy atom. The first-order valence-electron chi connectivity index (χ1n) is 10.5. The van der Waals surface area contributed by atoms with Crippen LogP contribution in [0.1, 0.15) is 34.6 Å². The zero-order valence-electron chi connectivity index (χ0n) is 18.8. The predicted molar refractivity (Wildman–Crippen MR) is 132 cm³/mol. The predicted octanol–water partition coefficient (Wildman–Crippen LogP) is 4.06. The Hall–Kier alpha value is -2.68. The van der Waals surface area contributed by atoms with Gasteiger partial charge in [-0.05, 0) is 36.2 Å². The van der Waals surface area contributed by atoms with E-state index in [4.69, 9.17) is 16.3 Å². The molecule has 0 spiro atoms. The van der Waals surface area contributed by atoms with Gasteiger partial charge in [-0.2, -0.15) is 0 Å². The van der Waals surface area contributed by atoms with Gasteiger partial charge in [0.2, 0.25) is 0 Å². The first-order valence-corrected chi connectivity index (χ1v) is 11.9. The summed E-state index contributed by atoms with van der Waals surface area (Å²) in [5.74, 6) is 0.0543. The van der Waals surface area contributed by atoms with Crippen molar-refractivity contribution in [1.82, 2.24) is 14.9 Å². The van der Waals surface area contributed by atoms with E-state index in [2.05, 4.69) is 10.3 Å². The van der Waals surface area contributed by atoms with Crippen molar-refractivity contribution in [3.63, 3.8) is 0 Å². The molecule has 1 aromatic heterocycles. The van der Waals surface area contributed by atoms with E-state index in [1.165, 1.54) is 16.3 Å². The van der Waals surface area contributed by atoms with Crippen molar-refractivity contribution in [2.45, 2.75) is 25.5 Å². The fraction of sp³-hybridized carbons (Fsp3) is 0.333. The molecule has 33 heavy (non-hydrogen) atoms.